The van der Waals surface area contributed by atoms with E-state index < -0.39 is 87.9 Å². The zero-order chi connectivity index (χ0) is 46.7. The van der Waals surface area contributed by atoms with Gasteiger partial charge in [-0.1, -0.05) is 137 Å². The maximum absolute atomic E-state index is 12.8. The molecule has 8 N–H and O–H groups in total. The summed E-state index contributed by atoms with van der Waals surface area (Å²) in [6, 6.07) is 0. The highest BCUT2D eigenvalue weighted by molar-refractivity contribution is 7.47. The van der Waals surface area contributed by atoms with Crippen LogP contribution in [0.15, 0.2) is 85.1 Å². The first-order chi connectivity index (χ1) is 30.2. The third-order valence-corrected chi connectivity index (χ3v) is 10.9. The summed E-state index contributed by atoms with van der Waals surface area (Å²) >= 11 is 0. The third kappa shape index (κ3) is 29.2. The first kappa shape index (κ1) is 58.0. The molecule has 0 radical (unpaired) electrons. The SMILES string of the molecule is CC/C=C\C[C@@H](O)/C=C/C=C\C/C=C\C=C\[C@@H](O)/C=C\CCCC(=O)OC[C@H](COP(=O)(O)OC1[C@H](O)[C@H](O)C(O)[C@H](O)[C@H]1O)OC(=O)CCCCCCC/C=C\CCCCCC. The summed E-state index contributed by atoms with van der Waals surface area (Å²) in [5.41, 5.74) is 0. The van der Waals surface area contributed by atoms with E-state index in [0.717, 1.165) is 44.9 Å². The number of hydrogen-bond donors (Lipinski definition) is 8. The maximum Gasteiger partial charge on any atom is 0.472 e. The summed E-state index contributed by atoms with van der Waals surface area (Å²) in [7, 11) is -5.17. The van der Waals surface area contributed by atoms with Gasteiger partial charge in [0.05, 0.1) is 18.8 Å². The molecule has 0 saturated heterocycles. The van der Waals surface area contributed by atoms with Crippen molar-refractivity contribution in [1.82, 2.24) is 0 Å². The lowest BCUT2D eigenvalue weighted by Crippen LogP contribution is -2.64. The van der Waals surface area contributed by atoms with Gasteiger partial charge >= 0.3 is 19.8 Å². The monoisotopic (exact) mass is 913 g/mol. The fraction of sp³-hybridized carbons (Fsp3) is 0.660. The van der Waals surface area contributed by atoms with Gasteiger partial charge in [0.15, 0.2) is 6.10 Å². The Bertz CT molecular complexity index is 1460. The normalized spacial score (nSPS) is 23.5. The van der Waals surface area contributed by atoms with E-state index in [2.05, 4.69) is 19.1 Å². The number of aliphatic hydroxyl groups excluding tert-OH is 7. The molecule has 0 amide bonds. The Morgan fingerprint density at radius 2 is 1.17 bits per heavy atom. The van der Waals surface area contributed by atoms with Gasteiger partial charge in [-0.2, -0.15) is 0 Å². The van der Waals surface area contributed by atoms with Gasteiger partial charge in [-0.15, -0.1) is 0 Å². The molecule has 1 rings (SSSR count). The van der Waals surface area contributed by atoms with E-state index in [9.17, 15) is 54.8 Å². The van der Waals surface area contributed by atoms with Crippen LogP contribution >= 0.6 is 7.82 Å². The van der Waals surface area contributed by atoms with Crippen LogP contribution in [0, 0.1) is 0 Å². The first-order valence-electron chi connectivity index (χ1n) is 22.6. The molecule has 3 unspecified atom stereocenters. The van der Waals surface area contributed by atoms with Gasteiger partial charge < -0.3 is 50.1 Å². The molecule has 15 nitrogen and oxygen atoms in total. The largest absolute Gasteiger partial charge is 0.472 e. The van der Waals surface area contributed by atoms with Gasteiger partial charge in [-0.25, -0.2) is 4.57 Å². The molecule has 1 saturated carbocycles. The molecular formula is C47H77O15P. The number of rotatable bonds is 35. The summed E-state index contributed by atoms with van der Waals surface area (Å²) in [5, 5.41) is 70.1. The Balaban J connectivity index is 2.59. The molecule has 63 heavy (non-hydrogen) atoms. The Kier molecular flexibility index (Phi) is 33.3. The number of esters is 2. The molecule has 0 aliphatic heterocycles. The van der Waals surface area contributed by atoms with Crippen LogP contribution in [0.2, 0.25) is 0 Å². The summed E-state index contributed by atoms with van der Waals surface area (Å²) in [4.78, 5) is 35.6. The van der Waals surface area contributed by atoms with E-state index in [0.29, 0.717) is 32.1 Å². The van der Waals surface area contributed by atoms with Crippen molar-refractivity contribution in [2.75, 3.05) is 13.2 Å². The quantitative estimate of drug-likeness (QED) is 0.0112. The zero-order valence-electron chi connectivity index (χ0n) is 37.3. The number of carbonyl (C=O) groups excluding carboxylic acids is 2. The minimum absolute atomic E-state index is 0.0254. The highest BCUT2D eigenvalue weighted by Gasteiger charge is 2.51. The predicted molar refractivity (Wildman–Crippen MR) is 242 cm³/mol. The van der Waals surface area contributed by atoms with Crippen LogP contribution < -0.4 is 0 Å². The lowest BCUT2D eigenvalue weighted by molar-refractivity contribution is -0.220. The molecule has 0 bridgehead atoms. The topological polar surface area (TPSA) is 250 Å². The first-order valence-corrected chi connectivity index (χ1v) is 24.1. The van der Waals surface area contributed by atoms with Crippen molar-refractivity contribution in [2.24, 2.45) is 0 Å². The summed E-state index contributed by atoms with van der Waals surface area (Å²) in [5.74, 6) is -1.30. The molecule has 10 atom stereocenters. The van der Waals surface area contributed by atoms with Gasteiger partial charge in [-0.05, 0) is 64.2 Å². The second-order valence-corrected chi connectivity index (χ2v) is 17.0. The van der Waals surface area contributed by atoms with Crippen LogP contribution in [0.5, 0.6) is 0 Å². The molecule has 0 aromatic heterocycles. The Labute approximate surface area is 374 Å². The van der Waals surface area contributed by atoms with E-state index in [1.54, 1.807) is 42.5 Å². The van der Waals surface area contributed by atoms with Crippen molar-refractivity contribution in [3.63, 3.8) is 0 Å². The molecule has 1 fully saturated rings. The van der Waals surface area contributed by atoms with Crippen LogP contribution in [-0.4, -0.2) is 121 Å². The minimum atomic E-state index is -5.17. The average Bonchev–Trinajstić information content (AvgIpc) is 3.25. The van der Waals surface area contributed by atoms with Crippen molar-refractivity contribution in [3.05, 3.63) is 85.1 Å². The average molecular weight is 913 g/mol. The van der Waals surface area contributed by atoms with Crippen LogP contribution in [-0.2, 0) is 32.7 Å². The number of aliphatic hydroxyl groups is 7. The number of hydrogen-bond acceptors (Lipinski definition) is 14. The molecule has 360 valence electrons. The fourth-order valence-corrected chi connectivity index (χ4v) is 7.17. The van der Waals surface area contributed by atoms with E-state index in [1.165, 1.54) is 25.7 Å². The minimum Gasteiger partial charge on any atom is -0.462 e. The van der Waals surface area contributed by atoms with Gasteiger partial charge in [0, 0.05) is 12.8 Å². The standard InChI is InChI=1S/C47H77O15P/c1-3-5-7-8-9-10-11-12-13-14-18-21-27-34-41(51)61-39(36-60-63(57,58)62-47-45(55)43(53)42(52)44(54)46(47)56)35-59-40(50)33-28-22-26-32-38(49)31-25-20-17-15-16-19-24-30-37(48)29-23-6-4-2/h6,10-11,16-17,19-20,23-26,30-32,37-39,42-49,52-56H,3-5,7-9,12-15,18,21-22,27-29,33-36H2,1-2H3,(H,57,58)/b11-10-,19-16-,20-17-,23-6-,30-24+,31-25+,32-26-/t37-,38-,39-,42?,43-,44+,45-,46-,47?/m1/s1. The summed E-state index contributed by atoms with van der Waals surface area (Å²) in [6.45, 7) is 2.90. The Morgan fingerprint density at radius 1 is 0.603 bits per heavy atom. The second-order valence-electron chi connectivity index (χ2n) is 15.6. The molecule has 1 aliphatic carbocycles. The van der Waals surface area contributed by atoms with E-state index in [1.807, 2.05) is 37.3 Å². The lowest BCUT2D eigenvalue weighted by Gasteiger charge is -2.41. The van der Waals surface area contributed by atoms with Gasteiger partial charge in [-0.3, -0.25) is 18.6 Å². The van der Waals surface area contributed by atoms with Crippen molar-refractivity contribution in [2.45, 2.75) is 184 Å². The molecule has 1 aliphatic rings. The number of ether oxygens (including phenoxy) is 2. The molecule has 0 heterocycles. The van der Waals surface area contributed by atoms with E-state index in [4.69, 9.17) is 18.5 Å². The highest BCUT2D eigenvalue weighted by atomic mass is 31.2. The van der Waals surface area contributed by atoms with Crippen LogP contribution in [0.1, 0.15) is 129 Å². The fourth-order valence-electron chi connectivity index (χ4n) is 6.20. The van der Waals surface area contributed by atoms with Gasteiger partial charge in [0.25, 0.3) is 0 Å². The Morgan fingerprint density at radius 3 is 1.83 bits per heavy atom. The smallest absolute Gasteiger partial charge is 0.462 e. The zero-order valence-corrected chi connectivity index (χ0v) is 38.2. The predicted octanol–water partition coefficient (Wildman–Crippen LogP) is 6.44. The summed E-state index contributed by atoms with van der Waals surface area (Å²) < 4.78 is 33.3. The molecular weight excluding hydrogens is 835 g/mol. The molecule has 0 aromatic rings. The summed E-state index contributed by atoms with van der Waals surface area (Å²) in [6.07, 6.45) is 25.6. The van der Waals surface area contributed by atoms with Crippen LogP contribution in [0.3, 0.4) is 0 Å². The number of carbonyl (C=O) groups is 2. The van der Waals surface area contributed by atoms with Crippen molar-refractivity contribution in [1.29, 1.82) is 0 Å². The number of allylic oxidation sites excluding steroid dienone is 10. The van der Waals surface area contributed by atoms with Crippen LogP contribution in [0.4, 0.5) is 0 Å². The number of unbranched alkanes of at least 4 members (excludes halogenated alkanes) is 10. The third-order valence-electron chi connectivity index (χ3n) is 9.90. The van der Waals surface area contributed by atoms with Crippen molar-refractivity contribution < 1.29 is 73.3 Å². The maximum atomic E-state index is 12.8. The van der Waals surface area contributed by atoms with Crippen LogP contribution in [0.25, 0.3) is 0 Å². The van der Waals surface area contributed by atoms with Gasteiger partial charge in [0.1, 0.15) is 43.2 Å². The molecule has 0 aromatic carbocycles. The van der Waals surface area contributed by atoms with E-state index >= 15 is 0 Å². The molecule has 16 heteroatoms. The Hall–Kier alpha value is -3.05. The molecule has 0 spiro atoms. The second kappa shape index (κ2) is 36.2. The van der Waals surface area contributed by atoms with Crippen molar-refractivity contribution in [3.8, 4) is 0 Å². The number of phosphoric ester groups is 1. The van der Waals surface area contributed by atoms with E-state index in [-0.39, 0.29) is 12.8 Å². The highest BCUT2D eigenvalue weighted by Crippen LogP contribution is 2.47. The lowest BCUT2D eigenvalue weighted by atomic mass is 9.85. The van der Waals surface area contributed by atoms with Crippen molar-refractivity contribution >= 4 is 19.8 Å². The number of phosphoric acid groups is 1. The van der Waals surface area contributed by atoms with Gasteiger partial charge in [0.2, 0.25) is 0 Å².